The van der Waals surface area contributed by atoms with Crippen LogP contribution in [0.1, 0.15) is 10.4 Å². The van der Waals surface area contributed by atoms with E-state index in [1.807, 2.05) is 0 Å². The highest BCUT2D eigenvalue weighted by Crippen LogP contribution is 2.33. The lowest BCUT2D eigenvalue weighted by atomic mass is 10.2. The van der Waals surface area contributed by atoms with Crippen molar-refractivity contribution in [3.63, 3.8) is 0 Å². The van der Waals surface area contributed by atoms with Gasteiger partial charge in [-0.3, -0.25) is 4.79 Å². The molecule has 1 rings (SSSR count). The van der Waals surface area contributed by atoms with Crippen molar-refractivity contribution in [2.75, 3.05) is 13.4 Å². The van der Waals surface area contributed by atoms with Crippen LogP contribution < -0.4 is 4.74 Å². The SMILES string of the molecule is COc1c(Br)cc(C=O)cc1S(C)(=O)=O. The van der Waals surface area contributed by atoms with E-state index in [-0.39, 0.29) is 16.2 Å². The van der Waals surface area contributed by atoms with E-state index < -0.39 is 9.84 Å². The Bertz CT molecular complexity index is 493. The Morgan fingerprint density at radius 3 is 2.40 bits per heavy atom. The Hall–Kier alpha value is -0.880. The molecular weight excluding hydrogens is 284 g/mol. The summed E-state index contributed by atoms with van der Waals surface area (Å²) in [5.74, 6) is 0.211. The van der Waals surface area contributed by atoms with Gasteiger partial charge in [0.15, 0.2) is 15.6 Å². The lowest BCUT2D eigenvalue weighted by Crippen LogP contribution is -2.02. The number of hydrogen-bond donors (Lipinski definition) is 0. The molecule has 82 valence electrons. The number of hydrogen-bond acceptors (Lipinski definition) is 4. The lowest BCUT2D eigenvalue weighted by molar-refractivity contribution is 0.112. The number of aldehydes is 1. The van der Waals surface area contributed by atoms with E-state index in [1.165, 1.54) is 19.2 Å². The average molecular weight is 293 g/mol. The Morgan fingerprint density at radius 2 is 2.00 bits per heavy atom. The summed E-state index contributed by atoms with van der Waals surface area (Å²) in [6.07, 6.45) is 1.64. The molecule has 0 aliphatic heterocycles. The average Bonchev–Trinajstić information content (AvgIpc) is 2.15. The standard InChI is InChI=1S/C9H9BrO4S/c1-14-9-7(10)3-6(5-11)4-8(9)15(2,12)13/h3-5H,1-2H3. The second-order valence-electron chi connectivity index (χ2n) is 2.92. The van der Waals surface area contributed by atoms with Crippen LogP contribution in [0.2, 0.25) is 0 Å². The topological polar surface area (TPSA) is 60.4 Å². The van der Waals surface area contributed by atoms with Crippen molar-refractivity contribution in [1.82, 2.24) is 0 Å². The van der Waals surface area contributed by atoms with E-state index in [1.54, 1.807) is 0 Å². The second kappa shape index (κ2) is 4.32. The molecule has 0 saturated carbocycles. The van der Waals surface area contributed by atoms with Gasteiger partial charge in [0.25, 0.3) is 0 Å². The number of halogens is 1. The summed E-state index contributed by atoms with van der Waals surface area (Å²) in [6.45, 7) is 0. The molecule has 0 N–H and O–H groups in total. The Morgan fingerprint density at radius 1 is 1.40 bits per heavy atom. The molecule has 0 heterocycles. The van der Waals surface area contributed by atoms with Crippen molar-refractivity contribution >= 4 is 32.1 Å². The summed E-state index contributed by atoms with van der Waals surface area (Å²) in [4.78, 5) is 10.6. The van der Waals surface area contributed by atoms with E-state index in [0.717, 1.165) is 6.26 Å². The number of methoxy groups -OCH3 is 1. The largest absolute Gasteiger partial charge is 0.494 e. The molecule has 0 aliphatic carbocycles. The fraction of sp³-hybridized carbons (Fsp3) is 0.222. The zero-order chi connectivity index (χ0) is 11.6. The number of sulfone groups is 1. The van der Waals surface area contributed by atoms with E-state index in [4.69, 9.17) is 4.74 Å². The van der Waals surface area contributed by atoms with Crippen LogP contribution in [0.5, 0.6) is 5.75 Å². The van der Waals surface area contributed by atoms with Crippen LogP contribution >= 0.6 is 15.9 Å². The normalized spacial score (nSPS) is 11.1. The van der Waals surface area contributed by atoms with E-state index in [9.17, 15) is 13.2 Å². The van der Waals surface area contributed by atoms with Crippen molar-refractivity contribution in [2.24, 2.45) is 0 Å². The van der Waals surface area contributed by atoms with Gasteiger partial charge in [0.2, 0.25) is 0 Å². The van der Waals surface area contributed by atoms with E-state index >= 15 is 0 Å². The fourth-order valence-electron chi connectivity index (χ4n) is 1.13. The number of ether oxygens (including phenoxy) is 1. The van der Waals surface area contributed by atoms with Crippen molar-refractivity contribution in [3.8, 4) is 5.75 Å². The summed E-state index contributed by atoms with van der Waals surface area (Å²) >= 11 is 3.14. The van der Waals surface area contributed by atoms with E-state index in [0.29, 0.717) is 10.8 Å². The molecule has 0 radical (unpaired) electrons. The van der Waals surface area contributed by atoms with Gasteiger partial charge in [0.1, 0.15) is 11.2 Å². The quantitative estimate of drug-likeness (QED) is 0.795. The van der Waals surface area contributed by atoms with E-state index in [2.05, 4.69) is 15.9 Å². The van der Waals surface area contributed by atoms with Crippen LogP contribution in [-0.2, 0) is 9.84 Å². The third kappa shape index (κ3) is 2.57. The van der Waals surface area contributed by atoms with Crippen molar-refractivity contribution in [1.29, 1.82) is 0 Å². The lowest BCUT2D eigenvalue weighted by Gasteiger charge is -2.09. The number of carbonyl (C=O) groups is 1. The maximum absolute atomic E-state index is 11.4. The van der Waals surface area contributed by atoms with Gasteiger partial charge in [0.05, 0.1) is 11.6 Å². The molecule has 6 heteroatoms. The molecule has 0 atom stereocenters. The Kier molecular flexibility index (Phi) is 3.51. The molecule has 0 fully saturated rings. The molecule has 0 unspecified atom stereocenters. The van der Waals surface area contributed by atoms with Gasteiger partial charge < -0.3 is 4.74 Å². The first kappa shape index (κ1) is 12.2. The molecule has 0 bridgehead atoms. The molecule has 1 aromatic carbocycles. The van der Waals surface area contributed by atoms with Gasteiger partial charge in [-0.15, -0.1) is 0 Å². The highest BCUT2D eigenvalue weighted by Gasteiger charge is 2.18. The van der Waals surface area contributed by atoms with Crippen LogP contribution in [0.15, 0.2) is 21.5 Å². The zero-order valence-electron chi connectivity index (χ0n) is 8.15. The smallest absolute Gasteiger partial charge is 0.179 e. The maximum Gasteiger partial charge on any atom is 0.179 e. The minimum atomic E-state index is -3.41. The van der Waals surface area contributed by atoms with Crippen LogP contribution in [0, 0.1) is 0 Å². The Labute approximate surface area is 96.3 Å². The van der Waals surface area contributed by atoms with Gasteiger partial charge in [-0.2, -0.15) is 0 Å². The monoisotopic (exact) mass is 292 g/mol. The molecule has 0 spiro atoms. The van der Waals surface area contributed by atoms with Gasteiger partial charge >= 0.3 is 0 Å². The highest BCUT2D eigenvalue weighted by molar-refractivity contribution is 9.10. The Balaban J connectivity index is 3.60. The first-order valence-electron chi connectivity index (χ1n) is 3.93. The van der Waals surface area contributed by atoms with Gasteiger partial charge in [-0.25, -0.2) is 8.42 Å². The summed E-state index contributed by atoms with van der Waals surface area (Å²) in [6, 6.07) is 2.78. The van der Waals surface area contributed by atoms with Gasteiger partial charge in [-0.1, -0.05) is 0 Å². The molecule has 0 amide bonds. The first-order chi connectivity index (χ1) is 6.90. The predicted molar refractivity (Wildman–Crippen MR) is 59.2 cm³/mol. The molecule has 15 heavy (non-hydrogen) atoms. The molecule has 0 aliphatic rings. The van der Waals surface area contributed by atoms with Crippen LogP contribution in [0.3, 0.4) is 0 Å². The summed E-state index contributed by atoms with van der Waals surface area (Å²) in [5.41, 5.74) is 0.281. The molecule has 4 nitrogen and oxygen atoms in total. The number of benzene rings is 1. The predicted octanol–water partition coefficient (Wildman–Crippen LogP) is 1.67. The van der Waals surface area contributed by atoms with Gasteiger partial charge in [-0.05, 0) is 28.1 Å². The molecule has 0 saturated heterocycles. The fourth-order valence-corrected chi connectivity index (χ4v) is 2.78. The van der Waals surface area contributed by atoms with Crippen molar-refractivity contribution < 1.29 is 17.9 Å². The minimum Gasteiger partial charge on any atom is -0.494 e. The number of carbonyl (C=O) groups excluding carboxylic acids is 1. The zero-order valence-corrected chi connectivity index (χ0v) is 10.6. The maximum atomic E-state index is 11.4. The summed E-state index contributed by atoms with van der Waals surface area (Å²) in [5, 5.41) is 0. The summed E-state index contributed by atoms with van der Waals surface area (Å²) in [7, 11) is -2.04. The first-order valence-corrected chi connectivity index (χ1v) is 6.61. The third-order valence-corrected chi connectivity index (χ3v) is 3.46. The van der Waals surface area contributed by atoms with Crippen LogP contribution in [-0.4, -0.2) is 28.1 Å². The third-order valence-electron chi connectivity index (χ3n) is 1.77. The van der Waals surface area contributed by atoms with Crippen molar-refractivity contribution in [2.45, 2.75) is 4.90 Å². The summed E-state index contributed by atoms with van der Waals surface area (Å²) < 4.78 is 28.2. The van der Waals surface area contributed by atoms with Crippen molar-refractivity contribution in [3.05, 3.63) is 22.2 Å². The molecule has 0 aromatic heterocycles. The highest BCUT2D eigenvalue weighted by atomic mass is 79.9. The van der Waals surface area contributed by atoms with Crippen LogP contribution in [0.25, 0.3) is 0 Å². The number of rotatable bonds is 3. The molecule has 1 aromatic rings. The molecular formula is C9H9BrO4S. The van der Waals surface area contributed by atoms with Gasteiger partial charge in [0, 0.05) is 11.8 Å². The second-order valence-corrected chi connectivity index (χ2v) is 5.76. The van der Waals surface area contributed by atoms with Crippen LogP contribution in [0.4, 0.5) is 0 Å². The minimum absolute atomic E-state index is 0.00137.